The second kappa shape index (κ2) is 17.4. The van der Waals surface area contributed by atoms with Crippen molar-refractivity contribution in [2.45, 2.75) is 71.3 Å². The standard InChI is InChI=1S/C35H37N3O6S2/c1-4-6-7-24-8-12-26(13-9-24)29(40)21-31-36-35-30(45-31)22-32(46-35)38-37-27-14-10-25(11-15-27)18-19-43-33(41)16-17-34(42)44-23(3)20-28(39)5-2/h5,8-15,22-23H,2,4,6-7,16-21H2,1,3H3. The number of unbranched alkanes of at least 4 members (excludes halogenated alkanes) is 1. The van der Waals surface area contributed by atoms with Crippen molar-refractivity contribution in [3.05, 3.63) is 89.0 Å². The molecule has 0 aliphatic rings. The SMILES string of the molecule is C=CC(=O)CC(C)OC(=O)CCC(=O)OCCc1ccc(N=Nc2cc3sc(CC(=O)c4ccc(CCCC)cc4)nc3s2)cc1. The van der Waals surface area contributed by atoms with Crippen molar-refractivity contribution in [2.75, 3.05) is 6.61 Å². The molecule has 4 aromatic rings. The van der Waals surface area contributed by atoms with Gasteiger partial charge in [0.05, 0.1) is 36.3 Å². The zero-order valence-corrected chi connectivity index (χ0v) is 27.7. The third-order valence-corrected chi connectivity index (χ3v) is 9.01. The number of fused-ring (bicyclic) bond motifs is 1. The minimum atomic E-state index is -0.573. The molecule has 0 N–H and O–H groups in total. The van der Waals surface area contributed by atoms with Crippen LogP contribution >= 0.6 is 22.7 Å². The monoisotopic (exact) mass is 659 g/mol. The lowest BCUT2D eigenvalue weighted by Gasteiger charge is -2.11. The molecule has 0 saturated carbocycles. The maximum Gasteiger partial charge on any atom is 0.306 e. The summed E-state index contributed by atoms with van der Waals surface area (Å²) in [5.41, 5.74) is 3.61. The summed E-state index contributed by atoms with van der Waals surface area (Å²) in [6, 6.07) is 17.3. The summed E-state index contributed by atoms with van der Waals surface area (Å²) < 4.78 is 11.3. The summed E-state index contributed by atoms with van der Waals surface area (Å²) in [7, 11) is 0. The van der Waals surface area contributed by atoms with E-state index in [1.54, 1.807) is 6.92 Å². The predicted molar refractivity (Wildman–Crippen MR) is 180 cm³/mol. The van der Waals surface area contributed by atoms with E-state index in [9.17, 15) is 19.2 Å². The maximum absolute atomic E-state index is 12.8. The van der Waals surface area contributed by atoms with Gasteiger partial charge in [0.15, 0.2) is 11.6 Å². The Labute approximate surface area is 276 Å². The van der Waals surface area contributed by atoms with Gasteiger partial charge in [0.2, 0.25) is 0 Å². The molecule has 240 valence electrons. The minimum absolute atomic E-state index is 0.0602. The van der Waals surface area contributed by atoms with Gasteiger partial charge in [-0.1, -0.05) is 67.7 Å². The fourth-order valence-corrected chi connectivity index (χ4v) is 6.51. The summed E-state index contributed by atoms with van der Waals surface area (Å²) in [6.45, 7) is 7.34. The van der Waals surface area contributed by atoms with Gasteiger partial charge in [-0.05, 0) is 55.2 Å². The van der Waals surface area contributed by atoms with E-state index in [0.717, 1.165) is 44.4 Å². The van der Waals surface area contributed by atoms with Crippen LogP contribution in [-0.2, 0) is 43.1 Å². The van der Waals surface area contributed by atoms with Gasteiger partial charge in [-0.25, -0.2) is 4.98 Å². The average Bonchev–Trinajstić information content (AvgIpc) is 3.60. The zero-order chi connectivity index (χ0) is 32.9. The highest BCUT2D eigenvalue weighted by molar-refractivity contribution is 7.29. The first-order valence-electron chi connectivity index (χ1n) is 15.2. The van der Waals surface area contributed by atoms with Gasteiger partial charge in [-0.15, -0.1) is 21.6 Å². The summed E-state index contributed by atoms with van der Waals surface area (Å²) in [5, 5.41) is 10.2. The number of thiazole rings is 1. The summed E-state index contributed by atoms with van der Waals surface area (Å²) in [5.74, 6) is -1.20. The molecule has 4 rings (SSSR count). The number of hydrogen-bond acceptors (Lipinski definition) is 11. The second-order valence-corrected chi connectivity index (χ2v) is 12.9. The predicted octanol–water partition coefficient (Wildman–Crippen LogP) is 8.48. The number of ether oxygens (including phenoxy) is 2. The molecule has 2 heterocycles. The van der Waals surface area contributed by atoms with Crippen LogP contribution in [0.2, 0.25) is 0 Å². The highest BCUT2D eigenvalue weighted by Gasteiger charge is 2.15. The van der Waals surface area contributed by atoms with E-state index < -0.39 is 18.0 Å². The van der Waals surface area contributed by atoms with E-state index in [1.165, 1.54) is 34.3 Å². The summed E-state index contributed by atoms with van der Waals surface area (Å²) in [6.07, 6.45) is 4.57. The van der Waals surface area contributed by atoms with Crippen LogP contribution in [0.3, 0.4) is 0 Å². The minimum Gasteiger partial charge on any atom is -0.465 e. The average molecular weight is 660 g/mol. The molecule has 0 bridgehead atoms. The fraction of sp³-hybridized carbons (Fsp3) is 0.343. The number of rotatable bonds is 18. The molecule has 0 saturated heterocycles. The normalized spacial score (nSPS) is 11.9. The summed E-state index contributed by atoms with van der Waals surface area (Å²) >= 11 is 2.93. The van der Waals surface area contributed by atoms with Gasteiger partial charge in [0.25, 0.3) is 0 Å². The number of benzene rings is 2. The molecule has 0 radical (unpaired) electrons. The van der Waals surface area contributed by atoms with Crippen LogP contribution in [0.15, 0.2) is 77.5 Å². The quantitative estimate of drug-likeness (QED) is 0.0454. The van der Waals surface area contributed by atoms with E-state index in [-0.39, 0.29) is 43.9 Å². The van der Waals surface area contributed by atoms with Gasteiger partial charge < -0.3 is 9.47 Å². The molecule has 9 nitrogen and oxygen atoms in total. The van der Waals surface area contributed by atoms with Crippen LogP contribution in [0, 0.1) is 0 Å². The van der Waals surface area contributed by atoms with Gasteiger partial charge >= 0.3 is 11.9 Å². The Bertz CT molecular complexity index is 1660. The molecule has 2 aromatic carbocycles. The van der Waals surface area contributed by atoms with Crippen molar-refractivity contribution in [3.63, 3.8) is 0 Å². The number of thiophene rings is 1. The molecular formula is C35H37N3O6S2. The molecule has 0 aliphatic heterocycles. The first-order valence-corrected chi connectivity index (χ1v) is 16.9. The molecule has 0 aliphatic carbocycles. The number of hydrogen-bond donors (Lipinski definition) is 0. The van der Waals surface area contributed by atoms with Crippen molar-refractivity contribution in [3.8, 4) is 0 Å². The molecule has 46 heavy (non-hydrogen) atoms. The number of azo groups is 1. The van der Waals surface area contributed by atoms with Gasteiger partial charge in [-0.2, -0.15) is 0 Å². The highest BCUT2D eigenvalue weighted by atomic mass is 32.1. The van der Waals surface area contributed by atoms with E-state index >= 15 is 0 Å². The van der Waals surface area contributed by atoms with Gasteiger partial charge in [-0.3, -0.25) is 19.2 Å². The largest absolute Gasteiger partial charge is 0.465 e. The lowest BCUT2D eigenvalue weighted by molar-refractivity contribution is -0.153. The fourth-order valence-electron chi connectivity index (χ4n) is 4.46. The van der Waals surface area contributed by atoms with E-state index in [2.05, 4.69) is 28.7 Å². The Hall–Kier alpha value is -4.35. The van der Waals surface area contributed by atoms with Crippen molar-refractivity contribution in [1.82, 2.24) is 4.98 Å². The lowest BCUT2D eigenvalue weighted by atomic mass is 10.0. The molecule has 1 atom stereocenters. The number of carbonyl (C=O) groups excluding carboxylic acids is 4. The van der Waals surface area contributed by atoms with Crippen LogP contribution in [0.5, 0.6) is 0 Å². The van der Waals surface area contributed by atoms with Crippen LogP contribution < -0.4 is 0 Å². The Kier molecular flexibility index (Phi) is 13.0. The van der Waals surface area contributed by atoms with Crippen molar-refractivity contribution in [1.29, 1.82) is 0 Å². The number of aryl methyl sites for hydroxylation is 1. The van der Waals surface area contributed by atoms with Crippen molar-refractivity contribution < 1.29 is 28.7 Å². The highest BCUT2D eigenvalue weighted by Crippen LogP contribution is 2.36. The van der Waals surface area contributed by atoms with Crippen LogP contribution in [0.4, 0.5) is 10.7 Å². The number of aromatic nitrogens is 1. The van der Waals surface area contributed by atoms with Crippen LogP contribution in [0.25, 0.3) is 9.53 Å². The van der Waals surface area contributed by atoms with Crippen LogP contribution in [-0.4, -0.2) is 41.2 Å². The molecule has 0 amide bonds. The zero-order valence-electron chi connectivity index (χ0n) is 26.0. The van der Waals surface area contributed by atoms with E-state index in [0.29, 0.717) is 17.7 Å². The second-order valence-electron chi connectivity index (χ2n) is 10.8. The Balaban J connectivity index is 1.18. The van der Waals surface area contributed by atoms with Crippen molar-refractivity contribution in [2.24, 2.45) is 10.2 Å². The molecule has 2 aromatic heterocycles. The number of carbonyl (C=O) groups is 4. The van der Waals surface area contributed by atoms with Crippen molar-refractivity contribution >= 4 is 66.4 Å². The van der Waals surface area contributed by atoms with E-state index in [1.807, 2.05) is 54.6 Å². The number of esters is 2. The molecule has 11 heteroatoms. The molecule has 0 fully saturated rings. The van der Waals surface area contributed by atoms with Gasteiger partial charge in [0, 0.05) is 18.4 Å². The van der Waals surface area contributed by atoms with Gasteiger partial charge in [0.1, 0.15) is 20.9 Å². The third-order valence-electron chi connectivity index (χ3n) is 6.96. The maximum atomic E-state index is 12.8. The first kappa shape index (κ1) is 34.5. The number of allylic oxidation sites excluding steroid dienone is 1. The van der Waals surface area contributed by atoms with E-state index in [4.69, 9.17) is 9.47 Å². The lowest BCUT2D eigenvalue weighted by Crippen LogP contribution is -2.19. The first-order chi connectivity index (χ1) is 22.2. The number of Topliss-reactive ketones (excluding diaryl/α,β-unsaturated/α-hetero) is 1. The topological polar surface area (TPSA) is 124 Å². The molecule has 1 unspecified atom stereocenters. The Morgan fingerprint density at radius 1 is 0.935 bits per heavy atom. The number of ketones is 2. The number of nitrogens with zero attached hydrogens (tertiary/aromatic N) is 3. The summed E-state index contributed by atoms with van der Waals surface area (Å²) in [4.78, 5) is 53.4. The van der Waals surface area contributed by atoms with Crippen LogP contribution in [0.1, 0.15) is 72.4 Å². The Morgan fingerprint density at radius 2 is 1.63 bits per heavy atom. The third kappa shape index (κ3) is 10.9. The smallest absolute Gasteiger partial charge is 0.306 e. The molecule has 0 spiro atoms. The Morgan fingerprint density at radius 3 is 2.33 bits per heavy atom. The molecular weight excluding hydrogens is 623 g/mol.